The van der Waals surface area contributed by atoms with E-state index >= 15 is 0 Å². The van der Waals surface area contributed by atoms with Crippen LogP contribution in [0.15, 0.2) is 91.1 Å². The molecule has 1 unspecified atom stereocenters. The molecular formula is C26H35NO. The quantitative estimate of drug-likeness (QED) is 0.514. The summed E-state index contributed by atoms with van der Waals surface area (Å²) < 4.78 is 5.26. The number of ether oxygens (including phenoxy) is 1. The van der Waals surface area contributed by atoms with Crippen LogP contribution < -0.4 is 10.5 Å². The van der Waals surface area contributed by atoms with Gasteiger partial charge in [-0.15, -0.1) is 0 Å². The van der Waals surface area contributed by atoms with E-state index < -0.39 is 5.54 Å². The van der Waals surface area contributed by atoms with Crippen molar-refractivity contribution in [1.29, 1.82) is 0 Å². The van der Waals surface area contributed by atoms with Crippen molar-refractivity contribution in [2.24, 2.45) is 5.73 Å². The van der Waals surface area contributed by atoms with Crippen molar-refractivity contribution in [3.8, 4) is 5.75 Å². The number of unbranched alkanes of at least 4 members (excludes halogenated alkanes) is 2. The molecule has 0 saturated heterocycles. The predicted molar refractivity (Wildman–Crippen MR) is 123 cm³/mol. The number of benzene rings is 2. The molecule has 0 amide bonds. The maximum absolute atomic E-state index is 6.94. The predicted octanol–water partition coefficient (Wildman–Crippen LogP) is 6.78. The molecule has 1 atom stereocenters. The van der Waals surface area contributed by atoms with Crippen molar-refractivity contribution in [3.63, 3.8) is 0 Å². The lowest BCUT2D eigenvalue weighted by atomic mass is 9.77. The van der Waals surface area contributed by atoms with Crippen LogP contribution in [-0.4, -0.2) is 7.11 Å². The summed E-state index contributed by atoms with van der Waals surface area (Å²) in [6, 6.07) is 18.0. The molecule has 150 valence electrons. The first kappa shape index (κ1) is 23.5. The van der Waals surface area contributed by atoms with Crippen molar-refractivity contribution in [3.05, 3.63) is 102 Å². The molecule has 2 N–H and O–H groups in total. The first-order chi connectivity index (χ1) is 13.6. The van der Waals surface area contributed by atoms with Gasteiger partial charge in [0.25, 0.3) is 0 Å². The molecular weight excluding hydrogens is 342 g/mol. The zero-order valence-electron chi connectivity index (χ0n) is 17.8. The van der Waals surface area contributed by atoms with Gasteiger partial charge < -0.3 is 10.5 Å². The van der Waals surface area contributed by atoms with Crippen molar-refractivity contribution in [2.45, 2.75) is 45.6 Å². The number of allylic oxidation sites excluding steroid dienone is 3. The van der Waals surface area contributed by atoms with E-state index in [1.54, 1.807) is 13.2 Å². The van der Waals surface area contributed by atoms with Gasteiger partial charge in [-0.2, -0.15) is 0 Å². The first-order valence-electron chi connectivity index (χ1n) is 10.0. The fourth-order valence-corrected chi connectivity index (χ4v) is 3.03. The van der Waals surface area contributed by atoms with Crippen LogP contribution in [0.25, 0.3) is 0 Å². The molecule has 0 fully saturated rings. The summed E-state index contributed by atoms with van der Waals surface area (Å²) >= 11 is 0. The van der Waals surface area contributed by atoms with Crippen molar-refractivity contribution >= 4 is 0 Å². The summed E-state index contributed by atoms with van der Waals surface area (Å²) in [5.74, 6) is 0.810. The molecule has 0 aliphatic rings. The molecule has 0 aliphatic heterocycles. The standard InChI is InChI=1S/C21H23NO.C5H12/c1-4-9-17(10-5-2)21(22,18-11-7-6-8-12-18)19-13-15-20(23-3)16-14-19;1-3-5-4-2/h4-16H,1,22H2,2-3H3;3-5H2,1-2H3/b10-5-,17-9+;. The Morgan fingerprint density at radius 3 is 2.00 bits per heavy atom. The smallest absolute Gasteiger partial charge is 0.118 e. The van der Waals surface area contributed by atoms with Crippen LogP contribution >= 0.6 is 0 Å². The maximum Gasteiger partial charge on any atom is 0.118 e. The van der Waals surface area contributed by atoms with Gasteiger partial charge in [-0.3, -0.25) is 0 Å². The zero-order valence-corrected chi connectivity index (χ0v) is 17.8. The Hall–Kier alpha value is -2.58. The SMILES string of the molecule is C=C/C=C(\C=C/C)C(N)(c1ccccc1)c1ccc(OC)cc1.CCCCC. The van der Waals surface area contributed by atoms with Gasteiger partial charge in [0, 0.05) is 0 Å². The molecule has 2 heteroatoms. The third-order valence-electron chi connectivity index (χ3n) is 4.58. The van der Waals surface area contributed by atoms with E-state index in [9.17, 15) is 0 Å². The average molecular weight is 378 g/mol. The van der Waals surface area contributed by atoms with Crippen molar-refractivity contribution in [2.75, 3.05) is 7.11 Å². The lowest BCUT2D eigenvalue weighted by Gasteiger charge is -2.32. The number of hydrogen-bond acceptors (Lipinski definition) is 2. The fraction of sp³-hybridized carbons (Fsp3) is 0.308. The van der Waals surface area contributed by atoms with Gasteiger partial charge >= 0.3 is 0 Å². The van der Waals surface area contributed by atoms with Crippen LogP contribution in [0.4, 0.5) is 0 Å². The van der Waals surface area contributed by atoms with Crippen LogP contribution in [0, 0.1) is 0 Å². The van der Waals surface area contributed by atoms with Crippen LogP contribution in [0.5, 0.6) is 5.75 Å². The molecule has 0 aliphatic carbocycles. The topological polar surface area (TPSA) is 35.2 Å². The lowest BCUT2D eigenvalue weighted by molar-refractivity contribution is 0.414. The van der Waals surface area contributed by atoms with Gasteiger partial charge in [-0.1, -0.05) is 106 Å². The highest BCUT2D eigenvalue weighted by Crippen LogP contribution is 2.35. The Labute approximate surface area is 171 Å². The van der Waals surface area contributed by atoms with Crippen LogP contribution in [0.3, 0.4) is 0 Å². The minimum Gasteiger partial charge on any atom is -0.497 e. The highest BCUT2D eigenvalue weighted by Gasteiger charge is 2.32. The third-order valence-corrected chi connectivity index (χ3v) is 4.58. The Morgan fingerprint density at radius 2 is 1.57 bits per heavy atom. The highest BCUT2D eigenvalue weighted by atomic mass is 16.5. The van der Waals surface area contributed by atoms with Gasteiger partial charge in [0.05, 0.1) is 12.6 Å². The van der Waals surface area contributed by atoms with Crippen LogP contribution in [-0.2, 0) is 5.54 Å². The van der Waals surface area contributed by atoms with E-state index in [1.165, 1.54) is 19.3 Å². The van der Waals surface area contributed by atoms with E-state index in [0.29, 0.717) is 0 Å². The van der Waals surface area contributed by atoms with Gasteiger partial charge in [0.2, 0.25) is 0 Å². The Bertz CT molecular complexity index is 742. The zero-order chi connectivity index (χ0) is 20.8. The second-order valence-corrected chi connectivity index (χ2v) is 6.61. The summed E-state index contributed by atoms with van der Waals surface area (Å²) in [5, 5.41) is 0. The van der Waals surface area contributed by atoms with Gasteiger partial charge in [-0.25, -0.2) is 0 Å². The summed E-state index contributed by atoms with van der Waals surface area (Å²) in [5.41, 5.74) is 9.18. The van der Waals surface area contributed by atoms with E-state index in [2.05, 4.69) is 20.4 Å². The molecule has 2 aromatic carbocycles. The molecule has 0 spiro atoms. The molecule has 0 heterocycles. The maximum atomic E-state index is 6.94. The molecule has 0 bridgehead atoms. The lowest BCUT2D eigenvalue weighted by Crippen LogP contribution is -2.39. The van der Waals surface area contributed by atoms with Gasteiger partial charge in [0.1, 0.15) is 5.75 Å². The normalized spacial score (nSPS) is 13.4. The molecule has 2 rings (SSSR count). The Balaban J connectivity index is 0.000000696. The largest absolute Gasteiger partial charge is 0.497 e. The number of hydrogen-bond donors (Lipinski definition) is 1. The second-order valence-electron chi connectivity index (χ2n) is 6.61. The summed E-state index contributed by atoms with van der Waals surface area (Å²) in [7, 11) is 1.66. The molecule has 2 nitrogen and oxygen atoms in total. The number of rotatable bonds is 8. The number of nitrogens with two attached hydrogens (primary N) is 1. The van der Waals surface area contributed by atoms with E-state index in [0.717, 1.165) is 22.4 Å². The Morgan fingerprint density at radius 1 is 1.00 bits per heavy atom. The minimum atomic E-state index is -0.756. The molecule has 0 radical (unpaired) electrons. The average Bonchev–Trinajstić information content (AvgIpc) is 2.75. The van der Waals surface area contributed by atoms with Crippen LogP contribution in [0.1, 0.15) is 51.2 Å². The molecule has 2 aromatic rings. The fourth-order valence-electron chi connectivity index (χ4n) is 3.03. The minimum absolute atomic E-state index is 0.756. The summed E-state index contributed by atoms with van der Waals surface area (Å²) in [4.78, 5) is 0. The highest BCUT2D eigenvalue weighted by molar-refractivity contribution is 5.52. The number of methoxy groups -OCH3 is 1. The summed E-state index contributed by atoms with van der Waals surface area (Å²) in [6.07, 6.45) is 11.8. The molecule has 0 aromatic heterocycles. The van der Waals surface area contributed by atoms with Gasteiger partial charge in [0.15, 0.2) is 0 Å². The molecule has 0 saturated carbocycles. The van der Waals surface area contributed by atoms with Crippen molar-refractivity contribution in [1.82, 2.24) is 0 Å². The second kappa shape index (κ2) is 12.7. The van der Waals surface area contributed by atoms with E-state index in [4.69, 9.17) is 10.5 Å². The van der Waals surface area contributed by atoms with Gasteiger partial charge in [-0.05, 0) is 35.8 Å². The third kappa shape index (κ3) is 6.24. The first-order valence-corrected chi connectivity index (χ1v) is 10.0. The molecule has 28 heavy (non-hydrogen) atoms. The van der Waals surface area contributed by atoms with E-state index in [1.807, 2.05) is 79.7 Å². The monoisotopic (exact) mass is 377 g/mol. The van der Waals surface area contributed by atoms with E-state index in [-0.39, 0.29) is 0 Å². The Kier molecular flexibility index (Phi) is 10.7. The van der Waals surface area contributed by atoms with Crippen molar-refractivity contribution < 1.29 is 4.74 Å². The van der Waals surface area contributed by atoms with Crippen LogP contribution in [0.2, 0.25) is 0 Å². The summed E-state index contributed by atoms with van der Waals surface area (Å²) in [6.45, 7) is 10.2.